The number of hydrogen-bond donors (Lipinski definition) is 2. The summed E-state index contributed by atoms with van der Waals surface area (Å²) in [6.45, 7) is 0.718. The zero-order chi connectivity index (χ0) is 9.97. The van der Waals surface area contributed by atoms with Gasteiger partial charge in [0.2, 0.25) is 5.56 Å². The van der Waals surface area contributed by atoms with Crippen molar-refractivity contribution in [1.29, 1.82) is 0 Å². The Balaban J connectivity index is 1.98. The lowest BCUT2D eigenvalue weighted by Crippen LogP contribution is -2.27. The number of H-pyrrole nitrogens is 1. The average molecular weight is 192 g/mol. The fourth-order valence-electron chi connectivity index (χ4n) is 1.23. The van der Waals surface area contributed by atoms with Crippen molar-refractivity contribution in [3.63, 3.8) is 0 Å². The minimum absolute atomic E-state index is 0.199. The van der Waals surface area contributed by atoms with E-state index < -0.39 is 0 Å². The van der Waals surface area contributed by atoms with E-state index in [9.17, 15) is 9.59 Å². The molecule has 0 unspecified atom stereocenters. The van der Waals surface area contributed by atoms with Crippen molar-refractivity contribution in [2.75, 3.05) is 6.54 Å². The van der Waals surface area contributed by atoms with Crippen LogP contribution >= 0.6 is 0 Å². The van der Waals surface area contributed by atoms with E-state index in [2.05, 4.69) is 10.3 Å². The molecule has 0 bridgehead atoms. The molecular weight excluding hydrogens is 180 g/mol. The minimum Gasteiger partial charge on any atom is -0.350 e. The van der Waals surface area contributed by atoms with E-state index in [0.717, 1.165) is 6.54 Å². The molecule has 1 aliphatic rings. The number of aromatic nitrogens is 1. The van der Waals surface area contributed by atoms with Crippen LogP contribution in [0.15, 0.2) is 23.0 Å². The van der Waals surface area contributed by atoms with Crippen LogP contribution in [0.3, 0.4) is 0 Å². The first-order chi connectivity index (χ1) is 6.75. The summed E-state index contributed by atoms with van der Waals surface area (Å²) < 4.78 is 0. The summed E-state index contributed by atoms with van der Waals surface area (Å²) in [6, 6.07) is 4.56. The standard InChI is InChI=1S/C10H12N2O2/c13-9-3-1-2-8(12-9)10(14)11-6-7-4-5-7/h1-3,7H,4-6H2,(H,11,14)(H,12,13). The molecule has 14 heavy (non-hydrogen) atoms. The molecule has 1 aromatic heterocycles. The Morgan fingerprint density at radius 3 is 2.93 bits per heavy atom. The van der Waals surface area contributed by atoms with Crippen LogP contribution in [-0.2, 0) is 0 Å². The fourth-order valence-corrected chi connectivity index (χ4v) is 1.23. The number of hydrogen-bond acceptors (Lipinski definition) is 2. The maximum atomic E-state index is 11.4. The molecule has 1 aromatic rings. The van der Waals surface area contributed by atoms with Gasteiger partial charge in [0.15, 0.2) is 0 Å². The van der Waals surface area contributed by atoms with Gasteiger partial charge in [0.1, 0.15) is 5.69 Å². The SMILES string of the molecule is O=C(NCC1CC1)c1cccc(=O)[nH]1. The highest BCUT2D eigenvalue weighted by Gasteiger charge is 2.21. The predicted molar refractivity (Wildman–Crippen MR) is 52.1 cm³/mol. The van der Waals surface area contributed by atoms with E-state index in [-0.39, 0.29) is 11.5 Å². The van der Waals surface area contributed by atoms with Gasteiger partial charge >= 0.3 is 0 Å². The second-order valence-corrected chi connectivity index (χ2v) is 3.58. The highest BCUT2D eigenvalue weighted by Crippen LogP contribution is 2.27. The Bertz CT molecular complexity index is 393. The average Bonchev–Trinajstić information content (AvgIpc) is 2.97. The minimum atomic E-state index is -0.246. The molecule has 0 radical (unpaired) electrons. The van der Waals surface area contributed by atoms with Gasteiger partial charge in [-0.05, 0) is 24.8 Å². The largest absolute Gasteiger partial charge is 0.350 e. The summed E-state index contributed by atoms with van der Waals surface area (Å²) in [6.07, 6.45) is 2.40. The van der Waals surface area contributed by atoms with E-state index in [1.165, 1.54) is 18.9 Å². The summed E-state index contributed by atoms with van der Waals surface area (Å²) in [7, 11) is 0. The quantitative estimate of drug-likeness (QED) is 0.733. The second kappa shape index (κ2) is 3.65. The van der Waals surface area contributed by atoms with Crippen LogP contribution in [0.1, 0.15) is 23.3 Å². The summed E-state index contributed by atoms with van der Waals surface area (Å²) in [5.41, 5.74) is 0.0854. The van der Waals surface area contributed by atoms with Crippen LogP contribution < -0.4 is 10.9 Å². The number of carbonyl (C=O) groups is 1. The summed E-state index contributed by atoms with van der Waals surface area (Å²) >= 11 is 0. The Hall–Kier alpha value is -1.58. The van der Waals surface area contributed by atoms with Gasteiger partial charge in [-0.1, -0.05) is 6.07 Å². The summed E-state index contributed by atoms with van der Waals surface area (Å²) in [4.78, 5) is 24.8. The first-order valence-corrected chi connectivity index (χ1v) is 4.73. The normalized spacial score (nSPS) is 15.1. The molecule has 1 saturated carbocycles. The molecule has 2 N–H and O–H groups in total. The van der Waals surface area contributed by atoms with Crippen LogP contribution in [0.5, 0.6) is 0 Å². The van der Waals surface area contributed by atoms with Gasteiger partial charge in [0.25, 0.3) is 5.91 Å². The molecule has 1 heterocycles. The highest BCUT2D eigenvalue weighted by atomic mass is 16.2. The summed E-state index contributed by atoms with van der Waals surface area (Å²) in [5.74, 6) is 0.448. The maximum absolute atomic E-state index is 11.4. The van der Waals surface area contributed by atoms with E-state index in [1.807, 2.05) is 0 Å². The molecule has 4 nitrogen and oxygen atoms in total. The van der Waals surface area contributed by atoms with Crippen molar-refractivity contribution >= 4 is 5.91 Å². The van der Waals surface area contributed by atoms with E-state index in [4.69, 9.17) is 0 Å². The number of amides is 1. The number of pyridine rings is 1. The third-order valence-corrected chi connectivity index (χ3v) is 2.26. The molecule has 2 rings (SSSR count). The summed E-state index contributed by atoms with van der Waals surface area (Å²) in [5, 5.41) is 2.78. The smallest absolute Gasteiger partial charge is 0.267 e. The van der Waals surface area contributed by atoms with Gasteiger partial charge in [0.05, 0.1) is 0 Å². The van der Waals surface area contributed by atoms with Gasteiger partial charge in [-0.2, -0.15) is 0 Å². The molecule has 1 amide bonds. The van der Waals surface area contributed by atoms with Crippen LogP contribution in [0.2, 0.25) is 0 Å². The van der Waals surface area contributed by atoms with Crippen molar-refractivity contribution in [3.8, 4) is 0 Å². The Morgan fingerprint density at radius 1 is 1.50 bits per heavy atom. The lowest BCUT2D eigenvalue weighted by Gasteiger charge is -2.02. The molecule has 74 valence electrons. The Morgan fingerprint density at radius 2 is 2.29 bits per heavy atom. The van der Waals surface area contributed by atoms with Crippen molar-refractivity contribution in [2.24, 2.45) is 5.92 Å². The van der Waals surface area contributed by atoms with Crippen LogP contribution in [0.25, 0.3) is 0 Å². The number of carbonyl (C=O) groups excluding carboxylic acids is 1. The van der Waals surface area contributed by atoms with Gasteiger partial charge < -0.3 is 10.3 Å². The number of nitrogens with one attached hydrogen (secondary N) is 2. The van der Waals surface area contributed by atoms with Crippen LogP contribution in [0, 0.1) is 5.92 Å². The van der Waals surface area contributed by atoms with Crippen LogP contribution in [0.4, 0.5) is 0 Å². The van der Waals surface area contributed by atoms with Crippen molar-refractivity contribution in [1.82, 2.24) is 10.3 Å². The van der Waals surface area contributed by atoms with Crippen LogP contribution in [-0.4, -0.2) is 17.4 Å². The lowest BCUT2D eigenvalue weighted by molar-refractivity contribution is 0.0946. The Labute approximate surface area is 81.3 Å². The molecule has 1 aliphatic carbocycles. The highest BCUT2D eigenvalue weighted by molar-refractivity contribution is 5.92. The third-order valence-electron chi connectivity index (χ3n) is 2.26. The van der Waals surface area contributed by atoms with E-state index >= 15 is 0 Å². The zero-order valence-corrected chi connectivity index (χ0v) is 7.75. The second-order valence-electron chi connectivity index (χ2n) is 3.58. The van der Waals surface area contributed by atoms with Crippen molar-refractivity contribution in [3.05, 3.63) is 34.2 Å². The topological polar surface area (TPSA) is 62.0 Å². The van der Waals surface area contributed by atoms with Crippen molar-refractivity contribution < 1.29 is 4.79 Å². The first-order valence-electron chi connectivity index (χ1n) is 4.73. The number of aromatic amines is 1. The zero-order valence-electron chi connectivity index (χ0n) is 7.75. The molecule has 4 heteroatoms. The van der Waals surface area contributed by atoms with Gasteiger partial charge in [-0.15, -0.1) is 0 Å². The molecule has 1 fully saturated rings. The van der Waals surface area contributed by atoms with Crippen molar-refractivity contribution in [2.45, 2.75) is 12.8 Å². The monoisotopic (exact) mass is 192 g/mol. The first kappa shape index (κ1) is 8.99. The molecule has 0 atom stereocenters. The number of rotatable bonds is 3. The Kier molecular flexibility index (Phi) is 2.35. The fraction of sp³-hybridized carbons (Fsp3) is 0.400. The maximum Gasteiger partial charge on any atom is 0.267 e. The molecular formula is C10H12N2O2. The molecule has 0 spiro atoms. The third kappa shape index (κ3) is 2.22. The van der Waals surface area contributed by atoms with Gasteiger partial charge in [0, 0.05) is 12.6 Å². The van der Waals surface area contributed by atoms with Gasteiger partial charge in [-0.3, -0.25) is 9.59 Å². The molecule has 0 saturated heterocycles. The molecule has 0 aromatic carbocycles. The molecule has 0 aliphatic heterocycles. The van der Waals surface area contributed by atoms with E-state index in [1.54, 1.807) is 12.1 Å². The van der Waals surface area contributed by atoms with Gasteiger partial charge in [-0.25, -0.2) is 0 Å². The predicted octanol–water partition coefficient (Wildman–Crippen LogP) is 0.515. The van der Waals surface area contributed by atoms with E-state index in [0.29, 0.717) is 11.6 Å². The lowest BCUT2D eigenvalue weighted by atomic mass is 10.3.